The Hall–Kier alpha value is -7.33. The summed E-state index contributed by atoms with van der Waals surface area (Å²) in [6, 6.07) is 40.2. The van der Waals surface area contributed by atoms with Crippen molar-refractivity contribution in [1.29, 1.82) is 0 Å². The average Bonchev–Trinajstić information content (AvgIpc) is 4.16. The van der Waals surface area contributed by atoms with Crippen LogP contribution in [0.2, 0.25) is 0 Å². The summed E-state index contributed by atoms with van der Waals surface area (Å²) in [5, 5.41) is 2.02. The third-order valence-corrected chi connectivity index (χ3v) is 14.0. The molecule has 1 aliphatic rings. The monoisotopic (exact) mass is 1070 g/mol. The van der Waals surface area contributed by atoms with Crippen LogP contribution in [0.3, 0.4) is 0 Å². The van der Waals surface area contributed by atoms with Crippen LogP contribution >= 0.6 is 0 Å². The molecule has 0 amide bonds. The quantitative estimate of drug-likeness (QED) is 0.142. The first-order valence-electron chi connectivity index (χ1n) is 27.6. The number of imidazole rings is 1. The van der Waals surface area contributed by atoms with Gasteiger partial charge in [0.2, 0.25) is 0 Å². The topological polar surface area (TPSA) is 36.9 Å². The van der Waals surface area contributed by atoms with Crippen molar-refractivity contribution in [2.24, 2.45) is 0 Å². The summed E-state index contributed by atoms with van der Waals surface area (Å²) in [7, 11) is 0. The SMILES string of the molecule is [2H]c1c([2H])c([2H])c(-c2cc3c(c(-c4c([2H])c([2H])c([2H])c([2H])c4[2H])c2-n2[c](=[Pt])n(-c4[c-]c(Oc5[c-]c6c(cc5)c5ccccc5n6-c5cc(C)c(-c6ccc(C(C)(C)C)cc6)cn5)ccc4)c4ccccc42)CCC3)c([2H])c1[2H]. The number of hydrogen-bond donors (Lipinski definition) is 0. The van der Waals surface area contributed by atoms with E-state index >= 15 is 0 Å². The van der Waals surface area contributed by atoms with Gasteiger partial charge >= 0.3 is 326 Å². The van der Waals surface area contributed by atoms with Crippen LogP contribution in [0, 0.1) is 22.9 Å². The number of benzene rings is 8. The van der Waals surface area contributed by atoms with Crippen LogP contribution in [-0.2, 0) is 37.6 Å². The number of rotatable bonds is 8. The molecule has 0 radical (unpaired) electrons. The molecule has 0 atom stereocenters. The molecular weight excluding hydrogens is 1010 g/mol. The first kappa shape index (κ1) is 32.4. The number of fused-ring (bicyclic) bond motifs is 5. The summed E-state index contributed by atoms with van der Waals surface area (Å²) in [5.74, 6) is 1.57. The number of ether oxygens (including phenoxy) is 1. The van der Waals surface area contributed by atoms with E-state index in [0.717, 1.165) is 55.4 Å². The van der Waals surface area contributed by atoms with E-state index in [9.17, 15) is 5.48 Å². The summed E-state index contributed by atoms with van der Waals surface area (Å²) in [6.45, 7) is 8.74. The van der Waals surface area contributed by atoms with E-state index in [-0.39, 0.29) is 22.1 Å². The van der Waals surface area contributed by atoms with E-state index in [0.29, 0.717) is 62.5 Å². The Balaban J connectivity index is 1.02. The molecular formula is C62H48N4OPt-2. The Morgan fingerprint density at radius 3 is 2.06 bits per heavy atom. The number of aromatic nitrogens is 4. The first-order valence-corrected chi connectivity index (χ1v) is 23.7. The average molecular weight is 1070 g/mol. The van der Waals surface area contributed by atoms with Crippen molar-refractivity contribution in [2.75, 3.05) is 0 Å². The summed E-state index contributed by atoms with van der Waals surface area (Å²) >= 11 is 2.20. The molecule has 3 heterocycles. The summed E-state index contributed by atoms with van der Waals surface area (Å²) < 4.78 is 103. The molecule has 11 aromatic rings. The summed E-state index contributed by atoms with van der Waals surface area (Å²) in [5.41, 5.74) is 10.6. The molecule has 0 N–H and O–H groups in total. The molecule has 6 heteroatoms. The van der Waals surface area contributed by atoms with E-state index in [4.69, 9.17) is 17.9 Å². The number of para-hydroxylation sites is 3. The number of nitrogens with zero attached hydrogens (tertiary/aromatic N) is 4. The molecule has 0 saturated carbocycles. The van der Waals surface area contributed by atoms with Crippen LogP contribution in [0.15, 0.2) is 182 Å². The zero-order valence-corrected chi connectivity index (χ0v) is 40.0. The van der Waals surface area contributed by atoms with Crippen LogP contribution in [0.25, 0.3) is 83.4 Å². The molecule has 3 aromatic heterocycles. The minimum atomic E-state index is -0.547. The Bertz CT molecular complexity index is 4360. The fourth-order valence-corrected chi connectivity index (χ4v) is 10.8. The van der Waals surface area contributed by atoms with Gasteiger partial charge in [0, 0.05) is 11.8 Å². The maximum atomic E-state index is 9.34. The van der Waals surface area contributed by atoms with Crippen LogP contribution in [0.1, 0.15) is 63.2 Å². The Labute approximate surface area is 422 Å². The Kier molecular flexibility index (Phi) is 7.99. The molecule has 0 unspecified atom stereocenters. The van der Waals surface area contributed by atoms with Gasteiger partial charge in [0.25, 0.3) is 0 Å². The molecule has 0 aliphatic heterocycles. The predicted octanol–water partition coefficient (Wildman–Crippen LogP) is 15.5. The van der Waals surface area contributed by atoms with Crippen LogP contribution < -0.4 is 4.74 Å². The molecule has 0 saturated heterocycles. The van der Waals surface area contributed by atoms with Crippen molar-refractivity contribution >= 4 is 32.8 Å². The molecule has 0 spiro atoms. The number of hydrogen-bond acceptors (Lipinski definition) is 2. The maximum absolute atomic E-state index is 9.34. The molecule has 12 rings (SSSR count). The zero-order valence-electron chi connectivity index (χ0n) is 47.7. The van der Waals surface area contributed by atoms with Crippen LogP contribution in [-0.4, -0.2) is 18.7 Å². The van der Waals surface area contributed by atoms with E-state index in [2.05, 4.69) is 106 Å². The summed E-state index contributed by atoms with van der Waals surface area (Å²) in [4.78, 5) is 5.05. The van der Waals surface area contributed by atoms with Gasteiger partial charge in [-0.2, -0.15) is 0 Å². The van der Waals surface area contributed by atoms with Gasteiger partial charge in [0.15, 0.2) is 0 Å². The van der Waals surface area contributed by atoms with Crippen molar-refractivity contribution < 1.29 is 37.8 Å². The van der Waals surface area contributed by atoms with Crippen molar-refractivity contribution in [3.8, 4) is 62.1 Å². The molecule has 5 nitrogen and oxygen atoms in total. The second-order valence-electron chi connectivity index (χ2n) is 18.2. The van der Waals surface area contributed by atoms with Crippen molar-refractivity contribution in [1.82, 2.24) is 18.7 Å². The molecule has 0 bridgehead atoms. The number of pyridine rings is 1. The predicted molar refractivity (Wildman–Crippen MR) is 274 cm³/mol. The number of aryl methyl sites for hydroxylation is 2. The van der Waals surface area contributed by atoms with E-state index < -0.39 is 60.4 Å². The summed E-state index contributed by atoms with van der Waals surface area (Å²) in [6.07, 6.45) is 3.72. The van der Waals surface area contributed by atoms with Gasteiger partial charge in [-0.25, -0.2) is 0 Å². The Morgan fingerprint density at radius 1 is 0.632 bits per heavy atom. The van der Waals surface area contributed by atoms with Gasteiger partial charge in [-0.05, 0) is 29.0 Å². The third-order valence-electron chi connectivity index (χ3n) is 13.0. The van der Waals surface area contributed by atoms with Crippen molar-refractivity contribution in [2.45, 2.75) is 52.4 Å². The minimum absolute atomic E-state index is 0.0391. The van der Waals surface area contributed by atoms with E-state index in [1.54, 1.807) is 0 Å². The van der Waals surface area contributed by atoms with Crippen molar-refractivity contribution in [3.63, 3.8) is 0 Å². The normalized spacial score (nSPS) is 14.7. The zero-order chi connectivity index (χ0) is 54.8. The first-order chi connectivity index (χ1) is 37.3. The van der Waals surface area contributed by atoms with Crippen LogP contribution in [0.4, 0.5) is 0 Å². The van der Waals surface area contributed by atoms with E-state index in [1.807, 2.05) is 88.1 Å². The van der Waals surface area contributed by atoms with E-state index in [1.165, 1.54) is 5.56 Å². The molecule has 334 valence electrons. The van der Waals surface area contributed by atoms with Gasteiger partial charge in [-0.15, -0.1) is 0 Å². The van der Waals surface area contributed by atoms with Gasteiger partial charge in [0.1, 0.15) is 0 Å². The van der Waals surface area contributed by atoms with Gasteiger partial charge in [-0.1, -0.05) is 57.2 Å². The second-order valence-corrected chi connectivity index (χ2v) is 19.2. The third kappa shape index (κ3) is 7.20. The van der Waals surface area contributed by atoms with Gasteiger partial charge in [-0.3, -0.25) is 0 Å². The molecule has 1 aliphatic carbocycles. The Morgan fingerprint density at radius 2 is 1.32 bits per heavy atom. The van der Waals surface area contributed by atoms with Crippen molar-refractivity contribution in [3.05, 3.63) is 220 Å². The molecule has 68 heavy (non-hydrogen) atoms. The van der Waals surface area contributed by atoms with Gasteiger partial charge < -0.3 is 0 Å². The fourth-order valence-electron chi connectivity index (χ4n) is 9.77. The van der Waals surface area contributed by atoms with Gasteiger partial charge in [0.05, 0.1) is 0 Å². The molecule has 8 aromatic carbocycles. The standard InChI is InChI=1S/C62H48N4O.Pt/c1-41-35-59(63-39-54(41)43-29-31-46(32-30-43)62(2,3)4)66-55-26-12-11-24-51(55)52-34-33-49(38-58(52)66)67-48-23-16-22-47(37-48)64-40-65(57-28-14-13-27-56(57)64)61-53(42-17-7-5-8-18-42)36-45-21-15-25-50(45)60(61)44-19-9-6-10-20-44;/h5-14,16-20,22-24,26-36,39H,15,21,25H2,1-4H3;/q-2;/i5D,6D,7D,8D,9D,10D,17D,18D,19D,20D;. The van der Waals surface area contributed by atoms with Crippen LogP contribution in [0.5, 0.6) is 11.5 Å². The molecule has 0 fully saturated rings. The second kappa shape index (κ2) is 16.8. The fraction of sp³-hybridized carbons (Fsp3) is 0.129.